The predicted octanol–water partition coefficient (Wildman–Crippen LogP) is 2.51. The average molecular weight is 225 g/mol. The molecule has 16 heavy (non-hydrogen) atoms. The number of likely N-dealkylation sites (tertiary alicyclic amines) is 1. The van der Waals surface area contributed by atoms with E-state index >= 15 is 0 Å². The molecule has 2 rings (SSSR count). The van der Waals surface area contributed by atoms with Gasteiger partial charge in [-0.3, -0.25) is 9.69 Å². The Morgan fingerprint density at radius 3 is 2.62 bits per heavy atom. The topological polar surface area (TPSA) is 40.5 Å². The smallest absolute Gasteiger partial charge is 0.323 e. The SMILES string of the molecule is CC1(C(=O)O)CCCCN1CC1CCCC1. The van der Waals surface area contributed by atoms with Crippen LogP contribution in [0.3, 0.4) is 0 Å². The van der Waals surface area contributed by atoms with Crippen molar-refractivity contribution in [2.75, 3.05) is 13.1 Å². The zero-order valence-electron chi connectivity index (χ0n) is 10.2. The first-order valence-corrected chi connectivity index (χ1v) is 6.61. The molecule has 1 unspecified atom stereocenters. The summed E-state index contributed by atoms with van der Waals surface area (Å²) in [6.07, 6.45) is 8.30. The quantitative estimate of drug-likeness (QED) is 0.802. The summed E-state index contributed by atoms with van der Waals surface area (Å²) < 4.78 is 0. The zero-order valence-corrected chi connectivity index (χ0v) is 10.2. The maximum Gasteiger partial charge on any atom is 0.323 e. The Hall–Kier alpha value is -0.570. The van der Waals surface area contributed by atoms with Crippen molar-refractivity contribution in [3.8, 4) is 0 Å². The van der Waals surface area contributed by atoms with E-state index in [0.29, 0.717) is 0 Å². The van der Waals surface area contributed by atoms with E-state index < -0.39 is 11.5 Å². The van der Waals surface area contributed by atoms with E-state index in [-0.39, 0.29) is 0 Å². The van der Waals surface area contributed by atoms with Crippen molar-refractivity contribution < 1.29 is 9.90 Å². The molecule has 1 saturated carbocycles. The third-order valence-electron chi connectivity index (χ3n) is 4.45. The molecule has 0 bridgehead atoms. The summed E-state index contributed by atoms with van der Waals surface area (Å²) in [5.74, 6) is 0.113. The maximum absolute atomic E-state index is 11.4. The summed E-state index contributed by atoms with van der Waals surface area (Å²) in [6.45, 7) is 3.88. The highest BCUT2D eigenvalue weighted by Crippen LogP contribution is 2.32. The van der Waals surface area contributed by atoms with Crippen molar-refractivity contribution in [3.63, 3.8) is 0 Å². The highest BCUT2D eigenvalue weighted by molar-refractivity contribution is 5.78. The monoisotopic (exact) mass is 225 g/mol. The molecule has 0 amide bonds. The lowest BCUT2D eigenvalue weighted by atomic mass is 9.87. The number of carboxylic acids is 1. The number of nitrogens with zero attached hydrogens (tertiary/aromatic N) is 1. The van der Waals surface area contributed by atoms with E-state index in [1.165, 1.54) is 25.7 Å². The van der Waals surface area contributed by atoms with Crippen LogP contribution in [0.25, 0.3) is 0 Å². The van der Waals surface area contributed by atoms with E-state index in [0.717, 1.165) is 38.3 Å². The molecule has 0 aromatic heterocycles. The second-order valence-corrected chi connectivity index (χ2v) is 5.63. The van der Waals surface area contributed by atoms with Crippen molar-refractivity contribution in [2.24, 2.45) is 5.92 Å². The van der Waals surface area contributed by atoms with Crippen molar-refractivity contribution in [1.82, 2.24) is 4.90 Å². The fourth-order valence-corrected chi connectivity index (χ4v) is 3.22. The summed E-state index contributed by atoms with van der Waals surface area (Å²) >= 11 is 0. The highest BCUT2D eigenvalue weighted by atomic mass is 16.4. The average Bonchev–Trinajstić information content (AvgIpc) is 2.74. The maximum atomic E-state index is 11.4. The molecular weight excluding hydrogens is 202 g/mol. The third kappa shape index (κ3) is 2.24. The minimum atomic E-state index is -0.634. The van der Waals surface area contributed by atoms with Gasteiger partial charge in [0.05, 0.1) is 0 Å². The number of rotatable bonds is 3. The van der Waals surface area contributed by atoms with Crippen molar-refractivity contribution in [3.05, 3.63) is 0 Å². The van der Waals surface area contributed by atoms with Gasteiger partial charge in [-0.25, -0.2) is 0 Å². The van der Waals surface area contributed by atoms with Gasteiger partial charge in [-0.2, -0.15) is 0 Å². The molecule has 2 fully saturated rings. The van der Waals surface area contributed by atoms with Crippen molar-refractivity contribution >= 4 is 5.97 Å². The molecule has 3 heteroatoms. The molecule has 0 spiro atoms. The van der Waals surface area contributed by atoms with Crippen molar-refractivity contribution in [2.45, 2.75) is 57.4 Å². The summed E-state index contributed by atoms with van der Waals surface area (Å²) in [5.41, 5.74) is -0.596. The lowest BCUT2D eigenvalue weighted by Gasteiger charge is -2.42. The van der Waals surface area contributed by atoms with Gasteiger partial charge in [-0.15, -0.1) is 0 Å². The summed E-state index contributed by atoms with van der Waals surface area (Å²) in [7, 11) is 0. The first kappa shape index (κ1) is 11.9. The van der Waals surface area contributed by atoms with Gasteiger partial charge in [-0.05, 0) is 51.5 Å². The van der Waals surface area contributed by atoms with Gasteiger partial charge in [0.1, 0.15) is 5.54 Å². The van der Waals surface area contributed by atoms with Crippen LogP contribution in [0.5, 0.6) is 0 Å². The molecule has 1 aliphatic heterocycles. The Morgan fingerprint density at radius 1 is 1.31 bits per heavy atom. The molecule has 92 valence electrons. The number of hydrogen-bond acceptors (Lipinski definition) is 2. The number of piperidine rings is 1. The van der Waals surface area contributed by atoms with E-state index in [4.69, 9.17) is 0 Å². The molecule has 0 aromatic rings. The predicted molar refractivity (Wildman–Crippen MR) is 63.4 cm³/mol. The summed E-state index contributed by atoms with van der Waals surface area (Å²) in [5, 5.41) is 9.40. The van der Waals surface area contributed by atoms with Crippen LogP contribution in [0.2, 0.25) is 0 Å². The minimum Gasteiger partial charge on any atom is -0.480 e. The lowest BCUT2D eigenvalue weighted by molar-refractivity contribution is -0.153. The third-order valence-corrected chi connectivity index (χ3v) is 4.45. The van der Waals surface area contributed by atoms with Crippen LogP contribution in [0.4, 0.5) is 0 Å². The second kappa shape index (κ2) is 4.74. The van der Waals surface area contributed by atoms with Gasteiger partial charge in [0.2, 0.25) is 0 Å². The Balaban J connectivity index is 2.01. The summed E-state index contributed by atoms with van der Waals surface area (Å²) in [4.78, 5) is 13.6. The highest BCUT2D eigenvalue weighted by Gasteiger charge is 2.41. The van der Waals surface area contributed by atoms with Crippen LogP contribution < -0.4 is 0 Å². The van der Waals surface area contributed by atoms with Gasteiger partial charge in [0, 0.05) is 6.54 Å². The molecule has 2 aliphatic rings. The van der Waals surface area contributed by atoms with Crippen LogP contribution in [-0.4, -0.2) is 34.6 Å². The molecule has 1 heterocycles. The van der Waals surface area contributed by atoms with Crippen LogP contribution in [0.1, 0.15) is 51.9 Å². The Labute approximate surface area is 97.8 Å². The van der Waals surface area contributed by atoms with Crippen LogP contribution >= 0.6 is 0 Å². The Bertz CT molecular complexity index is 261. The molecular formula is C13H23NO2. The van der Waals surface area contributed by atoms with Crippen LogP contribution in [0.15, 0.2) is 0 Å². The van der Waals surface area contributed by atoms with Gasteiger partial charge in [-0.1, -0.05) is 12.8 Å². The fourth-order valence-electron chi connectivity index (χ4n) is 3.22. The molecule has 1 N–H and O–H groups in total. The molecule has 1 saturated heterocycles. The number of hydrogen-bond donors (Lipinski definition) is 1. The van der Waals surface area contributed by atoms with Crippen molar-refractivity contribution in [1.29, 1.82) is 0 Å². The van der Waals surface area contributed by atoms with Gasteiger partial charge in [0.25, 0.3) is 0 Å². The molecule has 1 atom stereocenters. The Kier molecular flexibility index (Phi) is 3.53. The van der Waals surface area contributed by atoms with E-state index in [2.05, 4.69) is 4.90 Å². The minimum absolute atomic E-state index is 0.596. The summed E-state index contributed by atoms with van der Waals surface area (Å²) in [6, 6.07) is 0. The molecule has 1 aliphatic carbocycles. The van der Waals surface area contributed by atoms with E-state index in [9.17, 15) is 9.90 Å². The van der Waals surface area contributed by atoms with Gasteiger partial charge in [0.15, 0.2) is 0 Å². The van der Waals surface area contributed by atoms with Gasteiger partial charge < -0.3 is 5.11 Å². The van der Waals surface area contributed by atoms with E-state index in [1.54, 1.807) is 0 Å². The molecule has 0 radical (unpaired) electrons. The molecule has 3 nitrogen and oxygen atoms in total. The first-order chi connectivity index (χ1) is 7.63. The standard InChI is InChI=1S/C13H23NO2/c1-13(12(15)16)8-4-5-9-14(13)10-11-6-2-3-7-11/h11H,2-10H2,1H3,(H,15,16). The van der Waals surface area contributed by atoms with Gasteiger partial charge >= 0.3 is 5.97 Å². The normalized spacial score (nSPS) is 33.1. The van der Waals surface area contributed by atoms with Crippen LogP contribution in [0, 0.1) is 5.92 Å². The zero-order chi connectivity index (χ0) is 11.6. The fraction of sp³-hybridized carbons (Fsp3) is 0.923. The first-order valence-electron chi connectivity index (χ1n) is 6.61. The second-order valence-electron chi connectivity index (χ2n) is 5.63. The largest absolute Gasteiger partial charge is 0.480 e. The molecule has 0 aromatic carbocycles. The van der Waals surface area contributed by atoms with Crippen LogP contribution in [-0.2, 0) is 4.79 Å². The van der Waals surface area contributed by atoms with E-state index in [1.807, 2.05) is 6.92 Å². The number of aliphatic carboxylic acids is 1. The number of carboxylic acid groups (broad SMARTS) is 1. The Morgan fingerprint density at radius 2 is 2.00 bits per heavy atom. The lowest BCUT2D eigenvalue weighted by Crippen LogP contribution is -2.56. The number of carbonyl (C=O) groups is 1.